The molecule has 1 aliphatic heterocycles. The molecule has 0 amide bonds. The highest BCUT2D eigenvalue weighted by Gasteiger charge is 2.10. The Bertz CT molecular complexity index is 977. The van der Waals surface area contributed by atoms with Gasteiger partial charge in [-0.3, -0.25) is 14.3 Å². The van der Waals surface area contributed by atoms with Crippen LogP contribution in [-0.4, -0.2) is 27.5 Å². The molecule has 1 saturated heterocycles. The maximum atomic E-state index is 12.4. The van der Waals surface area contributed by atoms with Crippen LogP contribution in [0.5, 0.6) is 5.88 Å². The second kappa shape index (κ2) is 10.2. The highest BCUT2D eigenvalue weighted by molar-refractivity contribution is 5.23. The first-order valence-electron chi connectivity index (χ1n) is 10.8. The van der Waals surface area contributed by atoms with Crippen molar-refractivity contribution >= 4 is 0 Å². The number of ether oxygens (including phenoxy) is 1. The second-order valence-corrected chi connectivity index (χ2v) is 7.94. The van der Waals surface area contributed by atoms with Crippen molar-refractivity contribution in [2.45, 2.75) is 45.4 Å². The zero-order valence-electron chi connectivity index (χ0n) is 17.4. The van der Waals surface area contributed by atoms with Crippen molar-refractivity contribution < 1.29 is 4.74 Å². The monoisotopic (exact) mass is 403 g/mol. The van der Waals surface area contributed by atoms with Crippen molar-refractivity contribution in [1.29, 1.82) is 0 Å². The fourth-order valence-corrected chi connectivity index (χ4v) is 3.82. The van der Waals surface area contributed by atoms with Gasteiger partial charge in [-0.15, -0.1) is 0 Å². The van der Waals surface area contributed by atoms with Gasteiger partial charge in [0.15, 0.2) is 0 Å². The Morgan fingerprint density at radius 2 is 1.60 bits per heavy atom. The SMILES string of the molecule is O=c1cc(OCc2ccccc2)ncn1CCc1ccc(CN2CCCCC2)cc1. The van der Waals surface area contributed by atoms with Gasteiger partial charge in [-0.05, 0) is 49.0 Å². The van der Waals surface area contributed by atoms with Crippen LogP contribution < -0.4 is 10.3 Å². The summed E-state index contributed by atoms with van der Waals surface area (Å²) < 4.78 is 7.27. The predicted octanol–water partition coefficient (Wildman–Crippen LogP) is 4.05. The molecule has 156 valence electrons. The Balaban J connectivity index is 1.28. The number of aryl methyl sites for hydroxylation is 2. The summed E-state index contributed by atoms with van der Waals surface area (Å²) in [4.78, 5) is 19.2. The van der Waals surface area contributed by atoms with Gasteiger partial charge < -0.3 is 4.74 Å². The van der Waals surface area contributed by atoms with Crippen molar-refractivity contribution in [3.63, 3.8) is 0 Å². The minimum absolute atomic E-state index is 0.0882. The predicted molar refractivity (Wildman–Crippen MR) is 119 cm³/mol. The van der Waals surface area contributed by atoms with Crippen LogP contribution in [-0.2, 0) is 26.1 Å². The largest absolute Gasteiger partial charge is 0.473 e. The third-order valence-electron chi connectivity index (χ3n) is 5.60. The average molecular weight is 404 g/mol. The smallest absolute Gasteiger partial charge is 0.257 e. The molecule has 5 heteroatoms. The molecule has 0 atom stereocenters. The third-order valence-corrected chi connectivity index (χ3v) is 5.60. The van der Waals surface area contributed by atoms with Crippen LogP contribution >= 0.6 is 0 Å². The molecule has 1 fully saturated rings. The maximum absolute atomic E-state index is 12.4. The molecule has 0 N–H and O–H groups in total. The third kappa shape index (κ3) is 5.80. The Labute approximate surface area is 178 Å². The summed E-state index contributed by atoms with van der Waals surface area (Å²) in [5.74, 6) is 0.363. The number of piperidine rings is 1. The Morgan fingerprint density at radius 3 is 2.33 bits per heavy atom. The fourth-order valence-electron chi connectivity index (χ4n) is 3.82. The van der Waals surface area contributed by atoms with Crippen molar-refractivity contribution in [3.8, 4) is 5.88 Å². The van der Waals surface area contributed by atoms with E-state index < -0.39 is 0 Å². The number of likely N-dealkylation sites (tertiary alicyclic amines) is 1. The van der Waals surface area contributed by atoms with E-state index in [1.165, 1.54) is 49.5 Å². The Kier molecular flexibility index (Phi) is 6.93. The number of aromatic nitrogens is 2. The lowest BCUT2D eigenvalue weighted by atomic mass is 10.1. The molecule has 0 bridgehead atoms. The van der Waals surface area contributed by atoms with E-state index in [1.807, 2.05) is 30.3 Å². The first-order chi connectivity index (χ1) is 14.8. The minimum atomic E-state index is -0.0882. The number of rotatable bonds is 8. The Morgan fingerprint density at radius 1 is 0.867 bits per heavy atom. The van der Waals surface area contributed by atoms with Crippen LogP contribution in [0.2, 0.25) is 0 Å². The number of hydrogen-bond donors (Lipinski definition) is 0. The Hall–Kier alpha value is -2.92. The van der Waals surface area contributed by atoms with Gasteiger partial charge in [0, 0.05) is 13.1 Å². The lowest BCUT2D eigenvalue weighted by Gasteiger charge is -2.26. The fraction of sp³-hybridized carbons (Fsp3) is 0.360. The topological polar surface area (TPSA) is 47.4 Å². The molecule has 1 aromatic heterocycles. The van der Waals surface area contributed by atoms with Crippen molar-refractivity contribution in [2.75, 3.05) is 13.1 Å². The second-order valence-electron chi connectivity index (χ2n) is 7.94. The summed E-state index contributed by atoms with van der Waals surface area (Å²) in [6, 6.07) is 20.1. The molecule has 0 radical (unpaired) electrons. The maximum Gasteiger partial charge on any atom is 0.257 e. The molecule has 0 unspecified atom stereocenters. The zero-order valence-corrected chi connectivity index (χ0v) is 17.4. The molecule has 1 aliphatic rings. The molecule has 0 aliphatic carbocycles. The molecule has 2 aromatic carbocycles. The molecule has 0 spiro atoms. The van der Waals surface area contributed by atoms with E-state index >= 15 is 0 Å². The summed E-state index contributed by atoms with van der Waals surface area (Å²) in [5, 5.41) is 0. The van der Waals surface area contributed by atoms with Gasteiger partial charge >= 0.3 is 0 Å². The van der Waals surface area contributed by atoms with Crippen LogP contribution in [0.25, 0.3) is 0 Å². The first kappa shape index (κ1) is 20.4. The highest BCUT2D eigenvalue weighted by Crippen LogP contribution is 2.14. The van der Waals surface area contributed by atoms with Gasteiger partial charge in [0.05, 0.1) is 6.07 Å². The van der Waals surface area contributed by atoms with Gasteiger partial charge in [-0.25, -0.2) is 4.98 Å². The normalized spacial score (nSPS) is 14.5. The molecule has 30 heavy (non-hydrogen) atoms. The van der Waals surface area contributed by atoms with Crippen LogP contribution in [0.4, 0.5) is 0 Å². The molecule has 5 nitrogen and oxygen atoms in total. The average Bonchev–Trinajstić information content (AvgIpc) is 2.79. The van der Waals surface area contributed by atoms with Gasteiger partial charge in [-0.2, -0.15) is 0 Å². The van der Waals surface area contributed by atoms with Crippen LogP contribution in [0.3, 0.4) is 0 Å². The standard InChI is InChI=1S/C25H29N3O2/c29-25-17-24(30-19-23-7-3-1-4-8-23)26-20-28(25)16-13-21-9-11-22(12-10-21)18-27-14-5-2-6-15-27/h1,3-4,7-12,17,20H,2,5-6,13-16,18-19H2. The van der Waals surface area contributed by atoms with E-state index in [9.17, 15) is 4.79 Å². The van der Waals surface area contributed by atoms with E-state index in [0.29, 0.717) is 19.0 Å². The van der Waals surface area contributed by atoms with Crippen LogP contribution in [0, 0.1) is 0 Å². The molecule has 2 heterocycles. The number of nitrogens with zero attached hydrogens (tertiary/aromatic N) is 3. The van der Waals surface area contributed by atoms with Crippen LogP contribution in [0.15, 0.2) is 71.8 Å². The van der Waals surface area contributed by atoms with E-state index in [1.54, 1.807) is 10.9 Å². The van der Waals surface area contributed by atoms with Gasteiger partial charge in [-0.1, -0.05) is 61.0 Å². The summed E-state index contributed by atoms with van der Waals surface area (Å²) in [5.41, 5.74) is 3.55. The van der Waals surface area contributed by atoms with Crippen molar-refractivity contribution in [2.24, 2.45) is 0 Å². The molecule has 3 aromatic rings. The summed E-state index contributed by atoms with van der Waals surface area (Å²) in [7, 11) is 0. The van der Waals surface area contributed by atoms with E-state index in [0.717, 1.165) is 18.5 Å². The van der Waals surface area contributed by atoms with E-state index in [4.69, 9.17) is 4.74 Å². The minimum Gasteiger partial charge on any atom is -0.473 e. The molecular formula is C25H29N3O2. The van der Waals surface area contributed by atoms with E-state index in [-0.39, 0.29) is 5.56 Å². The summed E-state index contributed by atoms with van der Waals surface area (Å²) >= 11 is 0. The molecule has 0 saturated carbocycles. The van der Waals surface area contributed by atoms with Crippen molar-refractivity contribution in [1.82, 2.24) is 14.5 Å². The van der Waals surface area contributed by atoms with Crippen molar-refractivity contribution in [3.05, 3.63) is 94.0 Å². The lowest BCUT2D eigenvalue weighted by Crippen LogP contribution is -2.29. The quantitative estimate of drug-likeness (QED) is 0.569. The summed E-state index contributed by atoms with van der Waals surface area (Å²) in [6.45, 7) is 4.47. The van der Waals surface area contributed by atoms with Gasteiger partial charge in [0.25, 0.3) is 5.56 Å². The molecular weight excluding hydrogens is 374 g/mol. The zero-order chi connectivity index (χ0) is 20.6. The first-order valence-corrected chi connectivity index (χ1v) is 10.8. The van der Waals surface area contributed by atoms with Gasteiger partial charge in [0.1, 0.15) is 12.9 Å². The number of benzene rings is 2. The highest BCUT2D eigenvalue weighted by atomic mass is 16.5. The number of hydrogen-bond acceptors (Lipinski definition) is 4. The van der Waals surface area contributed by atoms with Crippen LogP contribution in [0.1, 0.15) is 36.0 Å². The van der Waals surface area contributed by atoms with Gasteiger partial charge in [0.2, 0.25) is 5.88 Å². The lowest BCUT2D eigenvalue weighted by molar-refractivity contribution is 0.221. The molecule has 4 rings (SSSR count). The van der Waals surface area contributed by atoms with E-state index in [2.05, 4.69) is 34.1 Å². The summed E-state index contributed by atoms with van der Waals surface area (Å²) in [6.07, 6.45) is 6.38.